The van der Waals surface area contributed by atoms with Crippen LogP contribution in [0.5, 0.6) is 0 Å². The number of nitrogens with one attached hydrogen (secondary N) is 1. The van der Waals surface area contributed by atoms with E-state index in [1.54, 1.807) is 40.9 Å². The zero-order valence-corrected chi connectivity index (χ0v) is 14.9. The number of carboxylic acid groups (broad SMARTS) is 1. The van der Waals surface area contributed by atoms with E-state index in [9.17, 15) is 14.4 Å². The first-order valence-corrected chi connectivity index (χ1v) is 9.62. The number of rotatable bonds is 5. The molecule has 1 saturated carbocycles. The van der Waals surface area contributed by atoms with Crippen molar-refractivity contribution in [3.05, 3.63) is 29.8 Å². The summed E-state index contributed by atoms with van der Waals surface area (Å²) in [6, 6.07) is 6.59. The molecule has 1 heterocycles. The fraction of sp³-hybridized carbons (Fsp3) is 0.500. The van der Waals surface area contributed by atoms with Gasteiger partial charge in [0.2, 0.25) is 5.91 Å². The summed E-state index contributed by atoms with van der Waals surface area (Å²) in [5.41, 5.74) is 1.08. The van der Waals surface area contributed by atoms with Crippen molar-refractivity contribution < 1.29 is 19.5 Å². The second-order valence-electron chi connectivity index (χ2n) is 6.71. The van der Waals surface area contributed by atoms with Crippen molar-refractivity contribution in [3.63, 3.8) is 0 Å². The Morgan fingerprint density at radius 2 is 2.12 bits per heavy atom. The van der Waals surface area contributed by atoms with Crippen molar-refractivity contribution in [2.24, 2.45) is 11.8 Å². The van der Waals surface area contributed by atoms with Gasteiger partial charge >= 0.3 is 5.97 Å². The minimum absolute atomic E-state index is 0.00442. The molecule has 0 spiro atoms. The molecule has 6 nitrogen and oxygen atoms in total. The number of thioether (sulfide) groups is 1. The molecule has 1 aromatic carbocycles. The van der Waals surface area contributed by atoms with E-state index in [0.717, 1.165) is 12.2 Å². The minimum Gasteiger partial charge on any atom is -0.481 e. The molecule has 3 atom stereocenters. The van der Waals surface area contributed by atoms with Crippen LogP contribution in [0.3, 0.4) is 0 Å². The maximum Gasteiger partial charge on any atom is 0.305 e. The Morgan fingerprint density at radius 3 is 2.80 bits per heavy atom. The Bertz CT molecular complexity index is 693. The quantitative estimate of drug-likeness (QED) is 0.839. The van der Waals surface area contributed by atoms with Gasteiger partial charge in [-0.25, -0.2) is 0 Å². The highest BCUT2D eigenvalue weighted by molar-refractivity contribution is 7.99. The topological polar surface area (TPSA) is 86.7 Å². The number of amides is 2. The molecule has 1 aliphatic heterocycles. The zero-order valence-electron chi connectivity index (χ0n) is 14.1. The Kier molecular flexibility index (Phi) is 5.32. The summed E-state index contributed by atoms with van der Waals surface area (Å²) >= 11 is 1.67. The van der Waals surface area contributed by atoms with Gasteiger partial charge in [0.1, 0.15) is 0 Å². The number of hydrogen-bond acceptors (Lipinski definition) is 4. The van der Waals surface area contributed by atoms with Crippen LogP contribution in [-0.4, -0.2) is 51.9 Å². The summed E-state index contributed by atoms with van der Waals surface area (Å²) in [5.74, 6) is 0.847. The predicted octanol–water partition coefficient (Wildman–Crippen LogP) is 2.31. The second-order valence-corrected chi connectivity index (χ2v) is 7.86. The van der Waals surface area contributed by atoms with Crippen molar-refractivity contribution >= 4 is 35.2 Å². The zero-order chi connectivity index (χ0) is 18.0. The van der Waals surface area contributed by atoms with E-state index in [1.165, 1.54) is 0 Å². The molecule has 2 fully saturated rings. The van der Waals surface area contributed by atoms with Crippen molar-refractivity contribution in [1.82, 2.24) is 4.90 Å². The lowest BCUT2D eigenvalue weighted by Gasteiger charge is -2.34. The molecule has 25 heavy (non-hydrogen) atoms. The number of carboxylic acids is 1. The predicted molar refractivity (Wildman–Crippen MR) is 96.7 cm³/mol. The molecule has 2 N–H and O–H groups in total. The Labute approximate surface area is 151 Å². The number of hydrogen-bond donors (Lipinski definition) is 2. The van der Waals surface area contributed by atoms with Crippen molar-refractivity contribution in [1.29, 1.82) is 0 Å². The largest absolute Gasteiger partial charge is 0.481 e. The summed E-state index contributed by atoms with van der Waals surface area (Å²) < 4.78 is 0. The van der Waals surface area contributed by atoms with Gasteiger partial charge < -0.3 is 15.3 Å². The van der Waals surface area contributed by atoms with E-state index in [-0.39, 0.29) is 30.2 Å². The van der Waals surface area contributed by atoms with Crippen LogP contribution in [0.4, 0.5) is 5.69 Å². The molecule has 2 aliphatic rings. The molecule has 3 unspecified atom stereocenters. The van der Waals surface area contributed by atoms with Crippen LogP contribution in [-0.2, 0) is 9.59 Å². The molecule has 134 valence electrons. The first kappa shape index (κ1) is 17.8. The number of carbonyl (C=O) groups excluding carboxylic acids is 2. The lowest BCUT2D eigenvalue weighted by atomic mass is 10.1. The molecule has 1 aromatic rings. The highest BCUT2D eigenvalue weighted by atomic mass is 32.2. The van der Waals surface area contributed by atoms with Crippen LogP contribution in [0.1, 0.15) is 30.1 Å². The number of benzene rings is 1. The van der Waals surface area contributed by atoms with Gasteiger partial charge in [0.25, 0.3) is 5.91 Å². The molecule has 1 aliphatic carbocycles. The molecular formula is C18H22N2O4S. The van der Waals surface area contributed by atoms with Gasteiger partial charge in [0, 0.05) is 35.2 Å². The third-order valence-corrected chi connectivity index (χ3v) is 5.81. The summed E-state index contributed by atoms with van der Waals surface area (Å²) in [7, 11) is 0. The lowest BCUT2D eigenvalue weighted by molar-refractivity contribution is -0.138. The van der Waals surface area contributed by atoms with Crippen LogP contribution in [0.2, 0.25) is 0 Å². The fourth-order valence-corrected chi connectivity index (χ4v) is 4.17. The van der Waals surface area contributed by atoms with Crippen molar-refractivity contribution in [2.75, 3.05) is 23.4 Å². The van der Waals surface area contributed by atoms with Crippen LogP contribution < -0.4 is 5.32 Å². The third-order valence-electron chi connectivity index (χ3n) is 4.72. The fourth-order valence-electron chi connectivity index (χ4n) is 3.11. The summed E-state index contributed by atoms with van der Waals surface area (Å²) in [5, 5.41) is 11.9. The summed E-state index contributed by atoms with van der Waals surface area (Å²) in [4.78, 5) is 37.6. The van der Waals surface area contributed by atoms with Gasteiger partial charge in [0.05, 0.1) is 12.5 Å². The Hall–Kier alpha value is -2.02. The summed E-state index contributed by atoms with van der Waals surface area (Å²) in [6.45, 7) is 2.58. The average Bonchev–Trinajstić information content (AvgIpc) is 3.31. The molecule has 7 heteroatoms. The molecule has 2 amide bonds. The van der Waals surface area contributed by atoms with E-state index in [1.807, 2.05) is 6.92 Å². The first-order chi connectivity index (χ1) is 12.0. The SMILES string of the molecule is CC1CC1C(=O)Nc1cccc(C(=O)N2CCSCC2CC(=O)O)c1. The van der Waals surface area contributed by atoms with Crippen molar-refractivity contribution in [3.8, 4) is 0 Å². The highest BCUT2D eigenvalue weighted by Crippen LogP contribution is 2.38. The van der Waals surface area contributed by atoms with Gasteiger partial charge in [-0.1, -0.05) is 13.0 Å². The Balaban J connectivity index is 1.71. The van der Waals surface area contributed by atoms with Gasteiger partial charge in [0.15, 0.2) is 0 Å². The van der Waals surface area contributed by atoms with Crippen LogP contribution >= 0.6 is 11.8 Å². The number of anilines is 1. The normalized spacial score (nSPS) is 25.3. The third kappa shape index (κ3) is 4.34. The minimum atomic E-state index is -0.898. The number of carbonyl (C=O) groups is 3. The van der Waals surface area contributed by atoms with E-state index in [0.29, 0.717) is 29.5 Å². The maximum absolute atomic E-state index is 12.8. The average molecular weight is 362 g/mol. The van der Waals surface area contributed by atoms with E-state index in [2.05, 4.69) is 5.32 Å². The van der Waals surface area contributed by atoms with Crippen LogP contribution in [0.25, 0.3) is 0 Å². The maximum atomic E-state index is 12.8. The molecule has 0 aromatic heterocycles. The van der Waals surface area contributed by atoms with E-state index >= 15 is 0 Å². The highest BCUT2D eigenvalue weighted by Gasteiger charge is 2.39. The van der Waals surface area contributed by atoms with E-state index < -0.39 is 5.97 Å². The Morgan fingerprint density at radius 1 is 1.36 bits per heavy atom. The second kappa shape index (κ2) is 7.47. The molecular weight excluding hydrogens is 340 g/mol. The molecule has 3 rings (SSSR count). The molecule has 0 bridgehead atoms. The standard InChI is InChI=1S/C18H22N2O4S/c1-11-7-15(11)17(23)19-13-4-2-3-12(8-13)18(24)20-5-6-25-10-14(20)9-16(21)22/h2-4,8,11,14-15H,5-7,9-10H2,1H3,(H,19,23)(H,21,22). The van der Waals surface area contributed by atoms with Crippen LogP contribution in [0, 0.1) is 11.8 Å². The molecule has 0 radical (unpaired) electrons. The van der Waals surface area contributed by atoms with E-state index in [4.69, 9.17) is 5.11 Å². The van der Waals surface area contributed by atoms with Crippen LogP contribution in [0.15, 0.2) is 24.3 Å². The van der Waals surface area contributed by atoms with Gasteiger partial charge in [-0.2, -0.15) is 11.8 Å². The number of aliphatic carboxylic acids is 1. The number of nitrogens with zero attached hydrogens (tertiary/aromatic N) is 1. The monoisotopic (exact) mass is 362 g/mol. The van der Waals surface area contributed by atoms with Gasteiger partial charge in [-0.05, 0) is 30.5 Å². The smallest absolute Gasteiger partial charge is 0.305 e. The van der Waals surface area contributed by atoms with Crippen molar-refractivity contribution in [2.45, 2.75) is 25.8 Å². The first-order valence-electron chi connectivity index (χ1n) is 8.47. The molecule has 1 saturated heterocycles. The van der Waals surface area contributed by atoms with Gasteiger partial charge in [-0.15, -0.1) is 0 Å². The summed E-state index contributed by atoms with van der Waals surface area (Å²) in [6.07, 6.45) is 0.863. The van der Waals surface area contributed by atoms with Gasteiger partial charge in [-0.3, -0.25) is 14.4 Å². The lowest BCUT2D eigenvalue weighted by Crippen LogP contribution is -2.47.